The molecule has 2 heterocycles. The summed E-state index contributed by atoms with van der Waals surface area (Å²) in [5.41, 5.74) is 2.17. The third kappa shape index (κ3) is 1.72. The van der Waals surface area contributed by atoms with E-state index in [0.29, 0.717) is 12.7 Å². The Hall–Kier alpha value is -1.75. The summed E-state index contributed by atoms with van der Waals surface area (Å²) in [6.07, 6.45) is 0. The van der Waals surface area contributed by atoms with E-state index in [1.807, 2.05) is 24.4 Å². The number of hydrogen-bond donors (Lipinski definition) is 0. The predicted octanol–water partition coefficient (Wildman–Crippen LogP) is 2.86. The van der Waals surface area contributed by atoms with Crippen molar-refractivity contribution < 1.29 is 14.2 Å². The standard InChI is InChI=1S/C12H11NO3S/c1-7-3-9-10(16-6-15-9)4-8(7)12-13-11(14-2)5-17-12/h3-5H,6H2,1-2H3. The van der Waals surface area contributed by atoms with Crippen molar-refractivity contribution in [3.05, 3.63) is 23.1 Å². The Balaban J connectivity index is 2.08. The van der Waals surface area contributed by atoms with E-state index < -0.39 is 0 Å². The summed E-state index contributed by atoms with van der Waals surface area (Å²) in [6, 6.07) is 3.95. The second-order valence-electron chi connectivity index (χ2n) is 3.72. The van der Waals surface area contributed by atoms with E-state index in [1.165, 1.54) is 0 Å². The average Bonchev–Trinajstić information content (AvgIpc) is 2.94. The Morgan fingerprint density at radius 2 is 2.06 bits per heavy atom. The van der Waals surface area contributed by atoms with Gasteiger partial charge in [-0.15, -0.1) is 11.3 Å². The van der Waals surface area contributed by atoms with Crippen LogP contribution in [0.1, 0.15) is 5.56 Å². The molecule has 0 fully saturated rings. The van der Waals surface area contributed by atoms with Gasteiger partial charge in [-0.25, -0.2) is 4.98 Å². The van der Waals surface area contributed by atoms with Gasteiger partial charge in [-0.05, 0) is 24.6 Å². The van der Waals surface area contributed by atoms with Crippen molar-refractivity contribution in [1.82, 2.24) is 4.98 Å². The van der Waals surface area contributed by atoms with Crippen molar-refractivity contribution in [3.8, 4) is 28.0 Å². The largest absolute Gasteiger partial charge is 0.480 e. The van der Waals surface area contributed by atoms with E-state index in [4.69, 9.17) is 14.2 Å². The van der Waals surface area contributed by atoms with Gasteiger partial charge in [-0.1, -0.05) is 0 Å². The van der Waals surface area contributed by atoms with Gasteiger partial charge in [-0.3, -0.25) is 0 Å². The monoisotopic (exact) mass is 249 g/mol. The van der Waals surface area contributed by atoms with Crippen LogP contribution in [0.3, 0.4) is 0 Å². The van der Waals surface area contributed by atoms with E-state index in [-0.39, 0.29) is 0 Å². The average molecular weight is 249 g/mol. The van der Waals surface area contributed by atoms with Gasteiger partial charge < -0.3 is 14.2 Å². The lowest BCUT2D eigenvalue weighted by atomic mass is 10.1. The van der Waals surface area contributed by atoms with Crippen LogP contribution in [-0.2, 0) is 0 Å². The van der Waals surface area contributed by atoms with Gasteiger partial charge in [0, 0.05) is 5.56 Å². The van der Waals surface area contributed by atoms with Crippen LogP contribution in [0.15, 0.2) is 17.5 Å². The molecule has 1 aromatic heterocycles. The van der Waals surface area contributed by atoms with Crippen LogP contribution in [0.5, 0.6) is 17.4 Å². The maximum atomic E-state index is 5.37. The summed E-state index contributed by atoms with van der Waals surface area (Å²) in [6.45, 7) is 2.32. The molecule has 4 nitrogen and oxygen atoms in total. The van der Waals surface area contributed by atoms with Crippen LogP contribution in [0, 0.1) is 6.92 Å². The van der Waals surface area contributed by atoms with Crippen molar-refractivity contribution >= 4 is 11.3 Å². The molecule has 1 aromatic carbocycles. The van der Waals surface area contributed by atoms with Crippen LogP contribution in [0.25, 0.3) is 10.6 Å². The molecule has 0 aliphatic carbocycles. The number of aryl methyl sites for hydroxylation is 1. The van der Waals surface area contributed by atoms with Gasteiger partial charge in [-0.2, -0.15) is 0 Å². The number of rotatable bonds is 2. The third-order valence-electron chi connectivity index (χ3n) is 2.64. The SMILES string of the molecule is COc1csc(-c2cc3c(cc2C)OCO3)n1. The summed E-state index contributed by atoms with van der Waals surface area (Å²) in [4.78, 5) is 4.39. The second kappa shape index (κ2) is 3.92. The van der Waals surface area contributed by atoms with Crippen molar-refractivity contribution in [1.29, 1.82) is 0 Å². The zero-order valence-electron chi connectivity index (χ0n) is 9.52. The molecule has 0 N–H and O–H groups in total. The zero-order chi connectivity index (χ0) is 11.8. The van der Waals surface area contributed by atoms with Crippen molar-refractivity contribution in [2.75, 3.05) is 13.9 Å². The molecule has 0 saturated heterocycles. The lowest BCUT2D eigenvalue weighted by Gasteiger charge is -2.04. The fourth-order valence-electron chi connectivity index (χ4n) is 1.75. The number of thiazole rings is 1. The Bertz CT molecular complexity index is 565. The molecular formula is C12H11NO3S. The normalized spacial score (nSPS) is 12.8. The van der Waals surface area contributed by atoms with Crippen LogP contribution in [-0.4, -0.2) is 18.9 Å². The molecule has 0 bridgehead atoms. The number of nitrogens with zero attached hydrogens (tertiary/aromatic N) is 1. The molecule has 5 heteroatoms. The molecule has 0 unspecified atom stereocenters. The molecule has 2 aromatic rings. The van der Waals surface area contributed by atoms with Gasteiger partial charge in [0.25, 0.3) is 0 Å². The van der Waals surface area contributed by atoms with Crippen LogP contribution in [0.4, 0.5) is 0 Å². The number of benzene rings is 1. The maximum Gasteiger partial charge on any atom is 0.231 e. The van der Waals surface area contributed by atoms with E-state index in [9.17, 15) is 0 Å². The first-order valence-electron chi connectivity index (χ1n) is 5.18. The molecule has 0 atom stereocenters. The van der Waals surface area contributed by atoms with Crippen LogP contribution in [0.2, 0.25) is 0 Å². The lowest BCUT2D eigenvalue weighted by Crippen LogP contribution is -1.92. The Kier molecular flexibility index (Phi) is 2.40. The Morgan fingerprint density at radius 3 is 2.76 bits per heavy atom. The highest BCUT2D eigenvalue weighted by atomic mass is 32.1. The molecule has 0 saturated carbocycles. The molecule has 17 heavy (non-hydrogen) atoms. The number of aromatic nitrogens is 1. The van der Waals surface area contributed by atoms with Gasteiger partial charge in [0.15, 0.2) is 11.5 Å². The predicted molar refractivity (Wildman–Crippen MR) is 65.0 cm³/mol. The lowest BCUT2D eigenvalue weighted by molar-refractivity contribution is 0.174. The highest BCUT2D eigenvalue weighted by Crippen LogP contribution is 2.39. The van der Waals surface area contributed by atoms with Crippen LogP contribution < -0.4 is 14.2 Å². The first-order chi connectivity index (χ1) is 8.28. The molecule has 1 aliphatic heterocycles. The summed E-state index contributed by atoms with van der Waals surface area (Å²) in [5.74, 6) is 2.22. The quantitative estimate of drug-likeness (QED) is 0.820. The van der Waals surface area contributed by atoms with Gasteiger partial charge in [0.05, 0.1) is 12.5 Å². The smallest absolute Gasteiger partial charge is 0.231 e. The number of ether oxygens (including phenoxy) is 3. The topological polar surface area (TPSA) is 40.6 Å². The highest BCUT2D eigenvalue weighted by molar-refractivity contribution is 7.13. The highest BCUT2D eigenvalue weighted by Gasteiger charge is 2.17. The molecule has 0 spiro atoms. The summed E-state index contributed by atoms with van der Waals surface area (Å²) < 4.78 is 15.8. The Labute approximate surface area is 103 Å². The van der Waals surface area contributed by atoms with Gasteiger partial charge >= 0.3 is 0 Å². The van der Waals surface area contributed by atoms with Crippen LogP contribution >= 0.6 is 11.3 Å². The molecule has 88 valence electrons. The first kappa shape index (κ1) is 10.4. The van der Waals surface area contributed by atoms with E-state index in [2.05, 4.69) is 4.98 Å². The zero-order valence-corrected chi connectivity index (χ0v) is 10.3. The summed E-state index contributed by atoms with van der Waals surface area (Å²) in [7, 11) is 1.62. The Morgan fingerprint density at radius 1 is 1.29 bits per heavy atom. The maximum absolute atomic E-state index is 5.37. The van der Waals surface area contributed by atoms with E-state index in [0.717, 1.165) is 27.6 Å². The molecule has 0 radical (unpaired) electrons. The number of hydrogen-bond acceptors (Lipinski definition) is 5. The molecular weight excluding hydrogens is 238 g/mol. The molecule has 3 rings (SSSR count). The third-order valence-corrected chi connectivity index (χ3v) is 3.50. The first-order valence-corrected chi connectivity index (χ1v) is 6.06. The molecule has 0 amide bonds. The van der Waals surface area contributed by atoms with Crippen molar-refractivity contribution in [2.45, 2.75) is 6.92 Å². The minimum Gasteiger partial charge on any atom is -0.480 e. The number of fused-ring (bicyclic) bond motifs is 1. The van der Waals surface area contributed by atoms with Crippen molar-refractivity contribution in [3.63, 3.8) is 0 Å². The minimum absolute atomic E-state index is 0.291. The summed E-state index contributed by atoms with van der Waals surface area (Å²) in [5, 5.41) is 2.82. The fraction of sp³-hybridized carbons (Fsp3) is 0.250. The van der Waals surface area contributed by atoms with Gasteiger partial charge in [0.1, 0.15) is 5.01 Å². The van der Waals surface area contributed by atoms with Crippen molar-refractivity contribution in [2.24, 2.45) is 0 Å². The van der Waals surface area contributed by atoms with E-state index >= 15 is 0 Å². The molecule has 1 aliphatic rings. The minimum atomic E-state index is 0.291. The van der Waals surface area contributed by atoms with Gasteiger partial charge in [0.2, 0.25) is 12.7 Å². The number of methoxy groups -OCH3 is 1. The van der Waals surface area contributed by atoms with E-state index in [1.54, 1.807) is 18.4 Å². The summed E-state index contributed by atoms with van der Waals surface area (Å²) >= 11 is 1.55. The second-order valence-corrected chi connectivity index (χ2v) is 4.57. The fourth-order valence-corrected chi connectivity index (χ4v) is 2.60.